The van der Waals surface area contributed by atoms with Crippen LogP contribution in [0.3, 0.4) is 0 Å². The molecule has 0 saturated heterocycles. The van der Waals surface area contributed by atoms with Gasteiger partial charge in [0.2, 0.25) is 5.91 Å². The van der Waals surface area contributed by atoms with Gasteiger partial charge >= 0.3 is 0 Å². The van der Waals surface area contributed by atoms with Crippen molar-refractivity contribution in [2.24, 2.45) is 0 Å². The Balaban J connectivity index is 1.73. The van der Waals surface area contributed by atoms with Crippen molar-refractivity contribution >= 4 is 34.7 Å². The summed E-state index contributed by atoms with van der Waals surface area (Å²) in [6.07, 6.45) is 0. The molecule has 0 bridgehead atoms. The van der Waals surface area contributed by atoms with Crippen molar-refractivity contribution in [2.75, 3.05) is 24.2 Å². The molecular formula is C15H20N4OS2. The predicted molar refractivity (Wildman–Crippen MR) is 92.7 cm³/mol. The van der Waals surface area contributed by atoms with Gasteiger partial charge < -0.3 is 10.2 Å². The number of nitrogens with zero attached hydrogens (tertiary/aromatic N) is 3. The number of nitrogens with one attached hydrogen (secondary N) is 1. The highest BCUT2D eigenvalue weighted by Gasteiger charge is 2.12. The highest BCUT2D eigenvalue weighted by molar-refractivity contribution is 8.01. The van der Waals surface area contributed by atoms with Gasteiger partial charge in [0.05, 0.1) is 5.75 Å². The number of hydrogen-bond donors (Lipinski definition) is 1. The Morgan fingerprint density at radius 3 is 2.73 bits per heavy atom. The van der Waals surface area contributed by atoms with Gasteiger partial charge in [-0.3, -0.25) is 4.79 Å². The zero-order chi connectivity index (χ0) is 15.9. The number of aromatic nitrogens is 2. The quantitative estimate of drug-likeness (QED) is 0.788. The Bertz CT molecular complexity index is 603. The van der Waals surface area contributed by atoms with Crippen molar-refractivity contribution in [3.05, 3.63) is 35.3 Å². The van der Waals surface area contributed by atoms with E-state index in [1.165, 1.54) is 23.1 Å². The molecule has 0 spiro atoms. The molecule has 118 valence electrons. The number of amides is 1. The van der Waals surface area contributed by atoms with E-state index >= 15 is 0 Å². The molecule has 0 fully saturated rings. The van der Waals surface area contributed by atoms with Crippen molar-refractivity contribution in [3.8, 4) is 0 Å². The summed E-state index contributed by atoms with van der Waals surface area (Å²) in [5.74, 6) is 0.391. The first-order valence-electron chi connectivity index (χ1n) is 7.03. The lowest BCUT2D eigenvalue weighted by atomic mass is 10.2. The van der Waals surface area contributed by atoms with Crippen molar-refractivity contribution in [3.63, 3.8) is 0 Å². The molecule has 1 atom stereocenters. The fraction of sp³-hybridized carbons (Fsp3) is 0.400. The summed E-state index contributed by atoms with van der Waals surface area (Å²) in [5.41, 5.74) is 1.14. The zero-order valence-corrected chi connectivity index (χ0v) is 14.6. The van der Waals surface area contributed by atoms with E-state index in [1.807, 2.05) is 32.2 Å². The van der Waals surface area contributed by atoms with Gasteiger partial charge in [0, 0.05) is 25.3 Å². The number of rotatable bonds is 7. The first-order valence-corrected chi connectivity index (χ1v) is 8.84. The van der Waals surface area contributed by atoms with Crippen LogP contribution in [0.2, 0.25) is 0 Å². The number of likely N-dealkylation sites (N-methyl/N-ethyl adjacent to an activating group) is 1. The Morgan fingerprint density at radius 1 is 1.36 bits per heavy atom. The molecule has 0 aliphatic heterocycles. The van der Waals surface area contributed by atoms with E-state index in [1.54, 1.807) is 0 Å². The molecule has 0 saturated carbocycles. The summed E-state index contributed by atoms with van der Waals surface area (Å²) >= 11 is 2.93. The van der Waals surface area contributed by atoms with Gasteiger partial charge in [0.1, 0.15) is 5.01 Å². The third-order valence-electron chi connectivity index (χ3n) is 3.25. The number of benzene rings is 1. The molecule has 5 nitrogen and oxygen atoms in total. The molecule has 1 amide bonds. The molecule has 7 heteroatoms. The number of thioether (sulfide) groups is 1. The number of aryl methyl sites for hydroxylation is 1. The van der Waals surface area contributed by atoms with E-state index in [9.17, 15) is 4.79 Å². The van der Waals surface area contributed by atoms with Crippen LogP contribution in [-0.4, -0.2) is 41.5 Å². The van der Waals surface area contributed by atoms with Crippen molar-refractivity contribution < 1.29 is 4.79 Å². The predicted octanol–water partition coefficient (Wildman–Crippen LogP) is 2.58. The molecule has 2 aromatic rings. The molecule has 1 aromatic heterocycles. The maximum atomic E-state index is 11.9. The normalized spacial score (nSPS) is 12.0. The summed E-state index contributed by atoms with van der Waals surface area (Å²) in [5, 5.41) is 11.8. The number of carbonyl (C=O) groups is 1. The summed E-state index contributed by atoms with van der Waals surface area (Å²) < 4.78 is 0.835. The summed E-state index contributed by atoms with van der Waals surface area (Å²) in [6, 6.07) is 10.4. The third kappa shape index (κ3) is 4.99. The maximum Gasteiger partial charge on any atom is 0.230 e. The Morgan fingerprint density at radius 2 is 2.09 bits per heavy atom. The average Bonchev–Trinajstić information content (AvgIpc) is 2.96. The van der Waals surface area contributed by atoms with Crippen LogP contribution < -0.4 is 10.2 Å². The van der Waals surface area contributed by atoms with Gasteiger partial charge in [-0.2, -0.15) is 0 Å². The number of carbonyl (C=O) groups excluding carboxylic acids is 1. The molecule has 22 heavy (non-hydrogen) atoms. The number of anilines is 1. The fourth-order valence-corrected chi connectivity index (χ4v) is 3.48. The van der Waals surface area contributed by atoms with Crippen LogP contribution in [0, 0.1) is 6.92 Å². The monoisotopic (exact) mass is 336 g/mol. The van der Waals surface area contributed by atoms with E-state index in [0.29, 0.717) is 12.3 Å². The minimum Gasteiger partial charge on any atom is -0.370 e. The smallest absolute Gasteiger partial charge is 0.230 e. The molecule has 0 aliphatic carbocycles. The van der Waals surface area contributed by atoms with E-state index < -0.39 is 0 Å². The molecule has 1 aromatic carbocycles. The molecule has 2 rings (SSSR count). The summed E-state index contributed by atoms with van der Waals surface area (Å²) in [7, 11) is 2.03. The molecule has 0 aliphatic rings. The lowest BCUT2D eigenvalue weighted by Gasteiger charge is -2.27. The van der Waals surface area contributed by atoms with Crippen LogP contribution in [0.4, 0.5) is 5.69 Å². The SMILES string of the molecule is Cc1nnc(SCC(=O)NC[C@@H](C)N(C)c2ccccc2)s1. The van der Waals surface area contributed by atoms with Gasteiger partial charge in [0.15, 0.2) is 4.34 Å². The van der Waals surface area contributed by atoms with Crippen LogP contribution in [-0.2, 0) is 4.79 Å². The standard InChI is InChI=1S/C15H20N4OS2/c1-11(19(3)13-7-5-4-6-8-13)9-16-14(20)10-21-15-18-17-12(2)22-15/h4-8,11H,9-10H2,1-3H3,(H,16,20)/t11-/m1/s1. The zero-order valence-electron chi connectivity index (χ0n) is 12.9. The highest BCUT2D eigenvalue weighted by atomic mass is 32.2. The minimum atomic E-state index is 0.0196. The van der Waals surface area contributed by atoms with Crippen LogP contribution in [0.15, 0.2) is 34.7 Å². The minimum absolute atomic E-state index is 0.0196. The van der Waals surface area contributed by atoms with Gasteiger partial charge in [-0.15, -0.1) is 10.2 Å². The molecular weight excluding hydrogens is 316 g/mol. The van der Waals surface area contributed by atoms with Crippen LogP contribution in [0.1, 0.15) is 11.9 Å². The maximum absolute atomic E-state index is 11.9. The van der Waals surface area contributed by atoms with Gasteiger partial charge in [-0.25, -0.2) is 0 Å². The van der Waals surface area contributed by atoms with Crippen LogP contribution in [0.5, 0.6) is 0 Å². The van der Waals surface area contributed by atoms with Crippen molar-refractivity contribution in [1.29, 1.82) is 0 Å². The fourth-order valence-electron chi connectivity index (χ4n) is 1.83. The van der Waals surface area contributed by atoms with Gasteiger partial charge in [-0.1, -0.05) is 41.3 Å². The van der Waals surface area contributed by atoms with E-state index in [4.69, 9.17) is 0 Å². The summed E-state index contributed by atoms with van der Waals surface area (Å²) in [6.45, 7) is 4.61. The van der Waals surface area contributed by atoms with Gasteiger partial charge in [0.25, 0.3) is 0 Å². The second kappa shape index (κ2) is 8.14. The number of para-hydroxylation sites is 1. The van der Waals surface area contributed by atoms with Crippen LogP contribution >= 0.6 is 23.1 Å². The van der Waals surface area contributed by atoms with Crippen LogP contribution in [0.25, 0.3) is 0 Å². The van der Waals surface area contributed by atoms with Crippen molar-refractivity contribution in [1.82, 2.24) is 15.5 Å². The molecule has 1 N–H and O–H groups in total. The Labute approximate surface area is 139 Å². The number of hydrogen-bond acceptors (Lipinski definition) is 6. The van der Waals surface area contributed by atoms with E-state index in [0.717, 1.165) is 15.0 Å². The third-order valence-corrected chi connectivity index (χ3v) is 5.23. The second-order valence-corrected chi connectivity index (χ2v) is 7.38. The second-order valence-electron chi connectivity index (χ2n) is 4.98. The lowest BCUT2D eigenvalue weighted by molar-refractivity contribution is -0.118. The van der Waals surface area contributed by atoms with Gasteiger partial charge in [-0.05, 0) is 26.0 Å². The first-order chi connectivity index (χ1) is 10.6. The largest absolute Gasteiger partial charge is 0.370 e. The topological polar surface area (TPSA) is 58.1 Å². The first kappa shape index (κ1) is 16.8. The van der Waals surface area contributed by atoms with E-state index in [-0.39, 0.29) is 11.9 Å². The molecule has 0 radical (unpaired) electrons. The van der Waals surface area contributed by atoms with E-state index in [2.05, 4.69) is 39.5 Å². The van der Waals surface area contributed by atoms with Crippen molar-refractivity contribution in [2.45, 2.75) is 24.2 Å². The average molecular weight is 336 g/mol. The molecule has 1 heterocycles. The Hall–Kier alpha value is -1.60. The summed E-state index contributed by atoms with van der Waals surface area (Å²) in [4.78, 5) is 14.0. The Kier molecular flexibility index (Phi) is 6.21. The molecule has 0 unspecified atom stereocenters. The highest BCUT2D eigenvalue weighted by Crippen LogP contribution is 2.21. The lowest BCUT2D eigenvalue weighted by Crippen LogP contribution is -2.40.